The lowest BCUT2D eigenvalue weighted by atomic mass is 10.2. The van der Waals surface area contributed by atoms with Gasteiger partial charge in [-0.1, -0.05) is 25.6 Å². The van der Waals surface area contributed by atoms with Crippen molar-refractivity contribution in [2.75, 3.05) is 6.26 Å². The number of rotatable bonds is 2. The highest BCUT2D eigenvalue weighted by Crippen LogP contribution is 2.40. The topological polar surface area (TPSA) is 18.5 Å². The number of halogens is 2. The van der Waals surface area contributed by atoms with Crippen LogP contribution in [0.25, 0.3) is 0 Å². The Labute approximate surface area is 73.9 Å². The Hall–Kier alpha value is -0.450. The summed E-state index contributed by atoms with van der Waals surface area (Å²) in [6.45, 7) is 3.55. The van der Waals surface area contributed by atoms with E-state index in [1.165, 1.54) is 0 Å². The summed E-state index contributed by atoms with van der Waals surface area (Å²) in [6.07, 6.45) is -1.81. The van der Waals surface area contributed by atoms with Gasteiger partial charge >= 0.3 is 6.29 Å². The second-order valence-electron chi connectivity index (χ2n) is 2.68. The molecule has 0 radical (unpaired) electrons. The molecule has 0 bridgehead atoms. The van der Waals surface area contributed by atoms with Gasteiger partial charge in [0.1, 0.15) is 0 Å². The van der Waals surface area contributed by atoms with Gasteiger partial charge in [0.05, 0.1) is 0 Å². The molecule has 0 fully saturated rings. The maximum atomic E-state index is 12.5. The first-order valence-corrected chi connectivity index (χ1v) is 4.72. The van der Waals surface area contributed by atoms with Gasteiger partial charge < -0.3 is 9.47 Å². The minimum atomic E-state index is -3.47. The average molecular weight is 196 g/mol. The van der Waals surface area contributed by atoms with E-state index < -0.39 is 6.29 Å². The van der Waals surface area contributed by atoms with Crippen LogP contribution in [-0.4, -0.2) is 12.6 Å². The molecular weight excluding hydrogens is 186 g/mol. The molecule has 0 aromatic rings. The number of thioether (sulfide) groups is 1. The predicted octanol–water partition coefficient (Wildman–Crippen LogP) is 2.77. The van der Waals surface area contributed by atoms with Gasteiger partial charge in [0.25, 0.3) is 0 Å². The maximum absolute atomic E-state index is 12.5. The van der Waals surface area contributed by atoms with Crippen LogP contribution >= 0.6 is 11.8 Å². The van der Waals surface area contributed by atoms with Crippen molar-refractivity contribution in [3.8, 4) is 0 Å². The van der Waals surface area contributed by atoms with E-state index in [4.69, 9.17) is 0 Å². The number of hydrogen-bond acceptors (Lipinski definition) is 3. The second kappa shape index (κ2) is 3.12. The molecule has 1 aliphatic heterocycles. The molecule has 0 saturated carbocycles. The van der Waals surface area contributed by atoms with Gasteiger partial charge in [0.15, 0.2) is 5.76 Å². The van der Waals surface area contributed by atoms with Crippen LogP contribution in [0.5, 0.6) is 0 Å². The Balaban J connectivity index is 2.80. The van der Waals surface area contributed by atoms with Crippen molar-refractivity contribution >= 4 is 11.8 Å². The van der Waals surface area contributed by atoms with Crippen LogP contribution in [0.4, 0.5) is 8.78 Å². The van der Waals surface area contributed by atoms with E-state index >= 15 is 0 Å². The Morgan fingerprint density at radius 1 is 1.33 bits per heavy atom. The molecule has 0 N–H and O–H groups in total. The van der Waals surface area contributed by atoms with Crippen molar-refractivity contribution in [2.24, 2.45) is 5.92 Å². The van der Waals surface area contributed by atoms with Crippen LogP contribution in [-0.2, 0) is 9.47 Å². The van der Waals surface area contributed by atoms with Crippen molar-refractivity contribution in [1.82, 2.24) is 0 Å². The minimum absolute atomic E-state index is 0.0826. The van der Waals surface area contributed by atoms with E-state index in [-0.39, 0.29) is 16.8 Å². The molecule has 5 heteroatoms. The first-order chi connectivity index (χ1) is 5.46. The van der Waals surface area contributed by atoms with Crippen LogP contribution in [0.2, 0.25) is 0 Å². The molecular formula is C7H10F2O2S. The van der Waals surface area contributed by atoms with Gasteiger partial charge in [0.2, 0.25) is 5.09 Å². The van der Waals surface area contributed by atoms with Gasteiger partial charge in [-0.05, 0) is 6.26 Å². The summed E-state index contributed by atoms with van der Waals surface area (Å²) in [4.78, 5) is 0. The third-order valence-corrected chi connectivity index (χ3v) is 2.01. The van der Waals surface area contributed by atoms with Crippen LogP contribution in [0.1, 0.15) is 13.8 Å². The van der Waals surface area contributed by atoms with Crippen LogP contribution in [0.3, 0.4) is 0 Å². The summed E-state index contributed by atoms with van der Waals surface area (Å²) in [5.74, 6) is 0.147. The van der Waals surface area contributed by atoms with E-state index in [1.54, 1.807) is 20.1 Å². The standard InChI is InChI=1S/C7H10F2O2S/c1-4(2)5-6(12-3)11-7(8,9)10-5/h4H,1-3H3. The minimum Gasteiger partial charge on any atom is -0.399 e. The molecule has 2 nitrogen and oxygen atoms in total. The van der Waals surface area contributed by atoms with Gasteiger partial charge in [-0.15, -0.1) is 8.78 Å². The number of hydrogen-bond donors (Lipinski definition) is 0. The number of alkyl halides is 2. The van der Waals surface area contributed by atoms with E-state index in [0.29, 0.717) is 0 Å². The summed E-state index contributed by atoms with van der Waals surface area (Å²) in [7, 11) is 0. The lowest BCUT2D eigenvalue weighted by Gasteiger charge is -2.08. The molecule has 0 spiro atoms. The molecule has 1 heterocycles. The van der Waals surface area contributed by atoms with Crippen molar-refractivity contribution in [2.45, 2.75) is 20.1 Å². The SMILES string of the molecule is CSC1=C(C(C)C)OC(F)(F)O1. The summed E-state index contributed by atoms with van der Waals surface area (Å²) >= 11 is 1.12. The molecule has 0 atom stereocenters. The highest BCUT2D eigenvalue weighted by molar-refractivity contribution is 8.02. The zero-order valence-electron chi connectivity index (χ0n) is 7.06. The summed E-state index contributed by atoms with van der Waals surface area (Å²) in [5, 5.41) is 0.176. The van der Waals surface area contributed by atoms with Crippen molar-refractivity contribution in [3.63, 3.8) is 0 Å². The zero-order chi connectivity index (χ0) is 9.35. The second-order valence-corrected chi connectivity index (χ2v) is 3.46. The van der Waals surface area contributed by atoms with E-state index in [2.05, 4.69) is 9.47 Å². The summed E-state index contributed by atoms with van der Waals surface area (Å²) in [6, 6.07) is 0. The molecule has 0 unspecified atom stereocenters. The fourth-order valence-corrected chi connectivity index (χ4v) is 1.50. The Bertz CT molecular complexity index is 213. The van der Waals surface area contributed by atoms with Gasteiger partial charge in [-0.3, -0.25) is 0 Å². The Morgan fingerprint density at radius 2 is 1.92 bits per heavy atom. The van der Waals surface area contributed by atoms with E-state index in [0.717, 1.165) is 11.8 Å². The van der Waals surface area contributed by atoms with Crippen molar-refractivity contribution < 1.29 is 18.3 Å². The van der Waals surface area contributed by atoms with E-state index in [1.807, 2.05) is 0 Å². The zero-order valence-corrected chi connectivity index (χ0v) is 7.87. The number of allylic oxidation sites excluding steroid dienone is 1. The lowest BCUT2D eigenvalue weighted by molar-refractivity contribution is -0.336. The number of ether oxygens (including phenoxy) is 2. The maximum Gasteiger partial charge on any atom is 0.586 e. The lowest BCUT2D eigenvalue weighted by Crippen LogP contribution is -2.17. The normalized spacial score (nSPS) is 21.2. The summed E-state index contributed by atoms with van der Waals surface area (Å²) in [5.41, 5.74) is 0. The van der Waals surface area contributed by atoms with Gasteiger partial charge in [-0.2, -0.15) is 0 Å². The Morgan fingerprint density at radius 3 is 2.25 bits per heavy atom. The van der Waals surface area contributed by atoms with Gasteiger partial charge in [0, 0.05) is 5.92 Å². The average Bonchev–Trinajstić information content (AvgIpc) is 2.25. The van der Waals surface area contributed by atoms with Crippen LogP contribution in [0, 0.1) is 5.92 Å². The molecule has 1 rings (SSSR count). The highest BCUT2D eigenvalue weighted by atomic mass is 32.2. The smallest absolute Gasteiger partial charge is 0.399 e. The molecule has 0 aromatic carbocycles. The van der Waals surface area contributed by atoms with Crippen molar-refractivity contribution in [3.05, 3.63) is 10.9 Å². The largest absolute Gasteiger partial charge is 0.586 e. The monoisotopic (exact) mass is 196 g/mol. The first-order valence-electron chi connectivity index (χ1n) is 3.50. The molecule has 12 heavy (non-hydrogen) atoms. The molecule has 0 aliphatic carbocycles. The highest BCUT2D eigenvalue weighted by Gasteiger charge is 2.45. The van der Waals surface area contributed by atoms with E-state index in [9.17, 15) is 8.78 Å². The van der Waals surface area contributed by atoms with Crippen LogP contribution < -0.4 is 0 Å². The molecule has 0 aromatic heterocycles. The van der Waals surface area contributed by atoms with Crippen LogP contribution in [0.15, 0.2) is 10.9 Å². The predicted molar refractivity (Wildman–Crippen MR) is 42.5 cm³/mol. The van der Waals surface area contributed by atoms with Gasteiger partial charge in [-0.25, -0.2) is 0 Å². The molecule has 1 aliphatic rings. The molecule has 0 amide bonds. The third-order valence-electron chi connectivity index (χ3n) is 1.35. The quantitative estimate of drug-likeness (QED) is 0.676. The fourth-order valence-electron chi connectivity index (χ4n) is 0.845. The third kappa shape index (κ3) is 1.83. The molecule has 70 valence electrons. The fraction of sp³-hybridized carbons (Fsp3) is 0.714. The molecule has 0 saturated heterocycles. The Kier molecular flexibility index (Phi) is 2.51. The van der Waals surface area contributed by atoms with Crippen molar-refractivity contribution in [1.29, 1.82) is 0 Å². The summed E-state index contributed by atoms with van der Waals surface area (Å²) < 4.78 is 33.6. The first kappa shape index (κ1) is 9.64.